The molecule has 2 aliphatic carbocycles. The molecule has 0 fully saturated rings. The van der Waals surface area contributed by atoms with E-state index in [-0.39, 0.29) is 11.7 Å². The summed E-state index contributed by atoms with van der Waals surface area (Å²) in [4.78, 5) is 32.7. The maximum atomic E-state index is 13.2. The van der Waals surface area contributed by atoms with Crippen LogP contribution in [-0.4, -0.2) is 27.4 Å². The summed E-state index contributed by atoms with van der Waals surface area (Å²) in [7, 11) is 0. The number of allylic oxidation sites excluding steroid dienone is 2. The molecule has 0 unspecified atom stereocenters. The van der Waals surface area contributed by atoms with Crippen LogP contribution in [0.3, 0.4) is 0 Å². The van der Waals surface area contributed by atoms with E-state index in [0.717, 1.165) is 53.5 Å². The summed E-state index contributed by atoms with van der Waals surface area (Å²) in [6, 6.07) is 0. The van der Waals surface area contributed by atoms with Crippen LogP contribution < -0.4 is 0 Å². The molecule has 0 amide bonds. The number of aliphatic carboxylic acids is 1. The summed E-state index contributed by atoms with van der Waals surface area (Å²) in [6.45, 7) is 9.40. The van der Waals surface area contributed by atoms with Gasteiger partial charge in [-0.05, 0) is 90.3 Å². The molecule has 5 nitrogen and oxygen atoms in total. The Labute approximate surface area is 187 Å². The van der Waals surface area contributed by atoms with Gasteiger partial charge in [0, 0.05) is 27.4 Å². The first-order chi connectivity index (χ1) is 14.6. The second-order valence-electron chi connectivity index (χ2n) is 9.85. The molecule has 0 bridgehead atoms. The minimum atomic E-state index is -1.16. The Morgan fingerprint density at radius 3 is 2.58 bits per heavy atom. The molecule has 4 rings (SSSR count). The molecule has 166 valence electrons. The molecular formula is C25H31NO4S. The first kappa shape index (κ1) is 22.2. The molecule has 2 aromatic rings. The topological polar surface area (TPSA) is 76.5 Å². The quantitative estimate of drug-likeness (QED) is 0.647. The monoisotopic (exact) mass is 441 g/mol. The zero-order valence-corrected chi connectivity index (χ0v) is 19.8. The molecule has 2 aliphatic rings. The summed E-state index contributed by atoms with van der Waals surface area (Å²) >= 11 is 1.71. The number of pyridine rings is 1. The molecule has 31 heavy (non-hydrogen) atoms. The molecule has 0 aliphatic heterocycles. The molecule has 0 spiro atoms. The van der Waals surface area contributed by atoms with Gasteiger partial charge in [0.25, 0.3) is 0 Å². The predicted octanol–water partition coefficient (Wildman–Crippen LogP) is 5.82. The number of thiophene rings is 1. The summed E-state index contributed by atoms with van der Waals surface area (Å²) in [5, 5.41) is 11.2. The first-order valence-corrected chi connectivity index (χ1v) is 11.9. The van der Waals surface area contributed by atoms with E-state index in [1.54, 1.807) is 17.4 Å². The smallest absolute Gasteiger partial charge is 0.337 e. The van der Waals surface area contributed by atoms with Crippen molar-refractivity contribution < 1.29 is 19.4 Å². The second kappa shape index (κ2) is 8.14. The molecule has 1 N–H and O–H groups in total. The number of aromatic nitrogens is 1. The van der Waals surface area contributed by atoms with Gasteiger partial charge in [0.05, 0.1) is 5.60 Å². The van der Waals surface area contributed by atoms with Crippen LogP contribution in [0.2, 0.25) is 0 Å². The number of aryl methyl sites for hydroxylation is 3. The van der Waals surface area contributed by atoms with E-state index >= 15 is 0 Å². The van der Waals surface area contributed by atoms with E-state index < -0.39 is 17.7 Å². The van der Waals surface area contributed by atoms with Crippen LogP contribution in [0, 0.1) is 6.92 Å². The van der Waals surface area contributed by atoms with Gasteiger partial charge in [-0.2, -0.15) is 0 Å². The Balaban J connectivity index is 2.04. The normalized spacial score (nSPS) is 20.5. The van der Waals surface area contributed by atoms with Crippen LogP contribution in [0.5, 0.6) is 0 Å². The van der Waals surface area contributed by atoms with Crippen LogP contribution in [0.4, 0.5) is 0 Å². The number of carboxylic acid groups (broad SMARTS) is 1. The van der Waals surface area contributed by atoms with Crippen molar-refractivity contribution in [1.82, 2.24) is 4.98 Å². The lowest BCUT2D eigenvalue weighted by molar-refractivity contribution is -0.160. The van der Waals surface area contributed by atoms with Gasteiger partial charge in [-0.15, -0.1) is 11.3 Å². The fourth-order valence-electron chi connectivity index (χ4n) is 4.95. The third-order valence-electron chi connectivity index (χ3n) is 6.24. The Morgan fingerprint density at radius 2 is 1.94 bits per heavy atom. The number of ketones is 1. The van der Waals surface area contributed by atoms with E-state index in [1.165, 1.54) is 10.4 Å². The van der Waals surface area contributed by atoms with Crippen LogP contribution in [0.1, 0.15) is 92.7 Å². The minimum Gasteiger partial charge on any atom is -0.479 e. The Kier molecular flexibility index (Phi) is 5.81. The second-order valence-corrected chi connectivity index (χ2v) is 10.9. The van der Waals surface area contributed by atoms with Crippen LogP contribution in [0.15, 0.2) is 11.6 Å². The fraction of sp³-hybridized carbons (Fsp3) is 0.560. The van der Waals surface area contributed by atoms with Crippen molar-refractivity contribution in [3.63, 3.8) is 0 Å². The van der Waals surface area contributed by atoms with Crippen molar-refractivity contribution in [3.8, 4) is 0 Å². The molecule has 2 atom stereocenters. The van der Waals surface area contributed by atoms with E-state index in [9.17, 15) is 14.7 Å². The fourth-order valence-corrected chi connectivity index (χ4v) is 6.27. The number of nitrogens with zero attached hydrogens (tertiary/aromatic N) is 1. The van der Waals surface area contributed by atoms with E-state index in [1.807, 2.05) is 34.6 Å². The van der Waals surface area contributed by atoms with Gasteiger partial charge in [-0.1, -0.05) is 5.57 Å². The van der Waals surface area contributed by atoms with Gasteiger partial charge in [-0.3, -0.25) is 4.79 Å². The number of fused-ring (bicyclic) bond motifs is 3. The molecule has 0 saturated heterocycles. The van der Waals surface area contributed by atoms with Crippen molar-refractivity contribution in [1.29, 1.82) is 0 Å². The average molecular weight is 442 g/mol. The number of ether oxygens (including phenoxy) is 1. The number of carbonyl (C=O) groups is 2. The van der Waals surface area contributed by atoms with Crippen molar-refractivity contribution in [2.75, 3.05) is 0 Å². The molecule has 2 aromatic heterocycles. The van der Waals surface area contributed by atoms with E-state index in [0.29, 0.717) is 17.7 Å². The third kappa shape index (κ3) is 4.20. The van der Waals surface area contributed by atoms with E-state index in [4.69, 9.17) is 9.72 Å². The summed E-state index contributed by atoms with van der Waals surface area (Å²) < 4.78 is 6.06. The van der Waals surface area contributed by atoms with Crippen LogP contribution >= 0.6 is 11.3 Å². The molecule has 6 heteroatoms. The van der Waals surface area contributed by atoms with Crippen molar-refractivity contribution >= 4 is 33.3 Å². The maximum Gasteiger partial charge on any atom is 0.337 e. The average Bonchev–Trinajstić information content (AvgIpc) is 3.02. The molecule has 0 aromatic carbocycles. The SMILES string of the molecule is CC1=CC(=O)[C@H](c2c([C@H](OC(C)(C)C)C(=O)O)c(C)nc3sc4c(c23)CCCC4)CC1. The van der Waals surface area contributed by atoms with Crippen molar-refractivity contribution in [3.05, 3.63) is 38.9 Å². The summed E-state index contributed by atoms with van der Waals surface area (Å²) in [6.07, 6.45) is 6.37. The van der Waals surface area contributed by atoms with Crippen LogP contribution in [0.25, 0.3) is 10.2 Å². The minimum absolute atomic E-state index is 0.0626. The zero-order valence-electron chi connectivity index (χ0n) is 19.0. The number of carbonyl (C=O) groups excluding carboxylic acids is 1. The molecule has 0 radical (unpaired) electrons. The number of hydrogen-bond acceptors (Lipinski definition) is 5. The van der Waals surface area contributed by atoms with Crippen molar-refractivity contribution in [2.45, 2.75) is 90.8 Å². The first-order valence-electron chi connectivity index (χ1n) is 11.1. The molecule has 2 heterocycles. The largest absolute Gasteiger partial charge is 0.479 e. The highest BCUT2D eigenvalue weighted by atomic mass is 32.1. The lowest BCUT2D eigenvalue weighted by atomic mass is 9.78. The standard InChI is InChI=1S/C25H31NO4S/c1-13-10-11-15(17(27)12-13)20-19(22(24(28)29)30-25(3,4)5)14(2)26-23-21(20)16-8-6-7-9-18(16)31-23/h12,15,22H,6-11H2,1-5H3,(H,28,29)/t15-,22+/m1/s1. The Bertz CT molecular complexity index is 1090. The lowest BCUT2D eigenvalue weighted by Gasteiger charge is -2.30. The number of hydrogen-bond donors (Lipinski definition) is 1. The van der Waals surface area contributed by atoms with Crippen molar-refractivity contribution in [2.24, 2.45) is 0 Å². The van der Waals surface area contributed by atoms with Gasteiger partial charge in [0.1, 0.15) is 4.83 Å². The van der Waals surface area contributed by atoms with Crippen LogP contribution in [-0.2, 0) is 27.2 Å². The Morgan fingerprint density at radius 1 is 1.23 bits per heavy atom. The Hall–Kier alpha value is -2.05. The highest BCUT2D eigenvalue weighted by Gasteiger charge is 2.37. The summed E-state index contributed by atoms with van der Waals surface area (Å²) in [5.74, 6) is -1.33. The summed E-state index contributed by atoms with van der Waals surface area (Å²) in [5.41, 5.74) is 3.78. The van der Waals surface area contributed by atoms with Gasteiger partial charge < -0.3 is 9.84 Å². The third-order valence-corrected chi connectivity index (χ3v) is 7.42. The maximum absolute atomic E-state index is 13.2. The number of rotatable bonds is 4. The zero-order chi connectivity index (χ0) is 22.5. The van der Waals surface area contributed by atoms with Gasteiger partial charge in [-0.25, -0.2) is 9.78 Å². The predicted molar refractivity (Wildman–Crippen MR) is 123 cm³/mol. The molecular weight excluding hydrogens is 410 g/mol. The lowest BCUT2D eigenvalue weighted by Crippen LogP contribution is -2.30. The van der Waals surface area contributed by atoms with E-state index in [2.05, 4.69) is 0 Å². The highest BCUT2D eigenvalue weighted by Crippen LogP contribution is 2.46. The highest BCUT2D eigenvalue weighted by molar-refractivity contribution is 7.18. The van der Waals surface area contributed by atoms with Gasteiger partial charge >= 0.3 is 5.97 Å². The number of carboxylic acids is 1. The van der Waals surface area contributed by atoms with Gasteiger partial charge in [0.15, 0.2) is 11.9 Å². The van der Waals surface area contributed by atoms with Gasteiger partial charge in [0.2, 0.25) is 0 Å². The molecule has 0 saturated carbocycles.